The van der Waals surface area contributed by atoms with Gasteiger partial charge in [0.1, 0.15) is 5.78 Å². The van der Waals surface area contributed by atoms with Gasteiger partial charge in [-0.1, -0.05) is 97.2 Å². The number of carbonyl (C=O) groups excluding carboxylic acids is 2. The molecular weight excluding hydrogens is 597 g/mol. The summed E-state index contributed by atoms with van der Waals surface area (Å²) in [6.45, 7) is 23.4. The van der Waals surface area contributed by atoms with Crippen LogP contribution in [0.1, 0.15) is 97.6 Å². The summed E-state index contributed by atoms with van der Waals surface area (Å²) in [5.41, 5.74) is 2.37. The first-order chi connectivity index (χ1) is 20.8. The fourth-order valence-corrected chi connectivity index (χ4v) is 8.16. The van der Waals surface area contributed by atoms with Crippen molar-refractivity contribution < 1.29 is 27.9 Å². The molecule has 1 saturated carbocycles. The second kappa shape index (κ2) is 17.0. The van der Waals surface area contributed by atoms with Crippen molar-refractivity contribution >= 4 is 28.4 Å². The highest BCUT2D eigenvalue weighted by Gasteiger charge is 2.47. The summed E-state index contributed by atoms with van der Waals surface area (Å²) in [6.07, 6.45) is 10.6. The smallest absolute Gasteiger partial charge is 0.305 e. The molecule has 0 aliphatic heterocycles. The van der Waals surface area contributed by atoms with Crippen LogP contribution >= 0.6 is 0 Å². The van der Waals surface area contributed by atoms with Crippen LogP contribution in [0.3, 0.4) is 0 Å². The lowest BCUT2D eigenvalue weighted by atomic mass is 9.88. The molecule has 0 N–H and O–H groups in total. The van der Waals surface area contributed by atoms with E-state index in [0.29, 0.717) is 25.2 Å². The Morgan fingerprint density at radius 3 is 2.16 bits per heavy atom. The quantitative estimate of drug-likeness (QED) is 0.0718. The normalized spacial score (nSPS) is 20.6. The molecule has 45 heavy (non-hydrogen) atoms. The average molecular weight is 661 g/mol. The summed E-state index contributed by atoms with van der Waals surface area (Å²) in [5, 5.41) is 0.133. The van der Waals surface area contributed by atoms with Crippen LogP contribution in [0.25, 0.3) is 0 Å². The largest absolute Gasteiger partial charge is 0.469 e. The molecule has 0 unspecified atom stereocenters. The molecule has 8 heteroatoms. The lowest BCUT2D eigenvalue weighted by molar-refractivity contribution is -0.140. The Bertz CT molecular complexity index is 1110. The van der Waals surface area contributed by atoms with Gasteiger partial charge in [-0.15, -0.1) is 0 Å². The SMILES string of the molecule is COCc1cccc(C[C@H](C=C[C@H]2[C@H](O[Si](C)(C)C(C)(C)C)CC(=O)[C@@H]2CCCCCCC(=O)OC)O[Si](C)(C)C(C)(C)C)c1. The molecule has 0 amide bonds. The van der Waals surface area contributed by atoms with Crippen LogP contribution in [0.4, 0.5) is 0 Å². The highest BCUT2D eigenvalue weighted by Crippen LogP contribution is 2.44. The molecule has 0 heterocycles. The van der Waals surface area contributed by atoms with Crippen LogP contribution in [0.2, 0.25) is 36.3 Å². The molecule has 1 aromatic carbocycles. The molecule has 2 rings (SSSR count). The summed E-state index contributed by atoms with van der Waals surface area (Å²) >= 11 is 0. The maximum Gasteiger partial charge on any atom is 0.305 e. The molecule has 1 aromatic rings. The number of Topliss-reactive ketones (excluding diaryl/α,β-unsaturated/α-hetero) is 1. The van der Waals surface area contributed by atoms with Crippen LogP contribution in [0.15, 0.2) is 36.4 Å². The fourth-order valence-electron chi connectivity index (χ4n) is 5.54. The van der Waals surface area contributed by atoms with E-state index in [2.05, 4.69) is 104 Å². The summed E-state index contributed by atoms with van der Waals surface area (Å²) in [5.74, 6) is 0.121. The zero-order valence-electron chi connectivity index (χ0n) is 30.6. The molecule has 4 atom stereocenters. The van der Waals surface area contributed by atoms with E-state index in [1.807, 2.05) is 0 Å². The molecule has 0 spiro atoms. The zero-order chi connectivity index (χ0) is 34.1. The fraction of sp³-hybridized carbons (Fsp3) is 0.730. The highest BCUT2D eigenvalue weighted by molar-refractivity contribution is 6.74. The summed E-state index contributed by atoms with van der Waals surface area (Å²) < 4.78 is 24.2. The Hall–Kier alpha value is -1.59. The molecule has 0 saturated heterocycles. The van der Waals surface area contributed by atoms with Gasteiger partial charge in [-0.3, -0.25) is 9.59 Å². The third-order valence-electron chi connectivity index (χ3n) is 10.4. The van der Waals surface area contributed by atoms with E-state index in [-0.39, 0.29) is 40.1 Å². The zero-order valence-corrected chi connectivity index (χ0v) is 32.6. The Kier molecular flexibility index (Phi) is 15.0. The minimum atomic E-state index is -2.09. The van der Waals surface area contributed by atoms with Crippen LogP contribution < -0.4 is 0 Å². The maximum absolute atomic E-state index is 13.6. The molecular formula is C37H64O6Si2. The molecule has 256 valence electrons. The van der Waals surface area contributed by atoms with Crippen molar-refractivity contribution in [2.45, 2.75) is 148 Å². The first-order valence-corrected chi connectivity index (χ1v) is 22.8. The van der Waals surface area contributed by atoms with Crippen LogP contribution in [0.5, 0.6) is 0 Å². The number of hydrogen-bond acceptors (Lipinski definition) is 6. The van der Waals surface area contributed by atoms with E-state index in [4.69, 9.17) is 18.3 Å². The Labute approximate surface area is 277 Å². The van der Waals surface area contributed by atoms with E-state index in [0.717, 1.165) is 44.1 Å². The number of ketones is 1. The molecule has 0 aromatic heterocycles. The molecule has 0 radical (unpaired) electrons. The van der Waals surface area contributed by atoms with Crippen molar-refractivity contribution in [1.29, 1.82) is 0 Å². The van der Waals surface area contributed by atoms with Crippen molar-refractivity contribution in [3.63, 3.8) is 0 Å². The maximum atomic E-state index is 13.6. The number of carbonyl (C=O) groups is 2. The second-order valence-corrected chi connectivity index (χ2v) is 25.6. The minimum Gasteiger partial charge on any atom is -0.469 e. The van der Waals surface area contributed by atoms with Gasteiger partial charge in [0.05, 0.1) is 25.9 Å². The third kappa shape index (κ3) is 12.2. The minimum absolute atomic E-state index is 0.0204. The number of ether oxygens (including phenoxy) is 2. The predicted molar refractivity (Wildman–Crippen MR) is 190 cm³/mol. The standard InChI is InChI=1S/C37H64O6Si2/c1-36(2,3)44(9,10)42-30(25-28-18-17-19-29(24-28)27-40-7)22-23-32-31(20-15-13-14-16-21-35(39)41-8)33(38)26-34(32)43-45(11,12)37(4,5)6/h17-19,22-24,30-32,34H,13-16,20-21,25-27H2,1-12H3/t30-,31+,32+,34+/m0/s1. The number of rotatable bonds is 17. The molecule has 6 nitrogen and oxygen atoms in total. The van der Waals surface area contributed by atoms with Crippen LogP contribution in [-0.4, -0.2) is 54.8 Å². The van der Waals surface area contributed by atoms with Crippen molar-refractivity contribution in [3.8, 4) is 0 Å². The monoisotopic (exact) mass is 660 g/mol. The van der Waals surface area contributed by atoms with Gasteiger partial charge in [-0.05, 0) is 60.2 Å². The van der Waals surface area contributed by atoms with Gasteiger partial charge in [0.15, 0.2) is 16.6 Å². The molecule has 1 aliphatic rings. The molecule has 1 fully saturated rings. The summed E-state index contributed by atoms with van der Waals surface area (Å²) in [6, 6.07) is 8.57. The van der Waals surface area contributed by atoms with Crippen LogP contribution in [-0.2, 0) is 40.9 Å². The van der Waals surface area contributed by atoms with Crippen molar-refractivity contribution in [2.75, 3.05) is 14.2 Å². The van der Waals surface area contributed by atoms with E-state index < -0.39 is 16.6 Å². The van der Waals surface area contributed by atoms with Gasteiger partial charge in [-0.2, -0.15) is 0 Å². The van der Waals surface area contributed by atoms with Gasteiger partial charge in [-0.25, -0.2) is 0 Å². The number of esters is 1. The Morgan fingerprint density at radius 1 is 0.933 bits per heavy atom. The van der Waals surface area contributed by atoms with Gasteiger partial charge in [0.2, 0.25) is 0 Å². The number of unbranched alkanes of at least 4 members (excludes halogenated alkanes) is 3. The van der Waals surface area contributed by atoms with Crippen LogP contribution in [0, 0.1) is 11.8 Å². The topological polar surface area (TPSA) is 71.1 Å². The van der Waals surface area contributed by atoms with E-state index in [1.54, 1.807) is 7.11 Å². The number of benzene rings is 1. The first-order valence-electron chi connectivity index (χ1n) is 17.0. The van der Waals surface area contributed by atoms with Crippen molar-refractivity contribution in [1.82, 2.24) is 0 Å². The second-order valence-electron chi connectivity index (χ2n) is 16.1. The third-order valence-corrected chi connectivity index (χ3v) is 19.4. The molecule has 0 bridgehead atoms. The van der Waals surface area contributed by atoms with E-state index in [1.165, 1.54) is 12.7 Å². The predicted octanol–water partition coefficient (Wildman–Crippen LogP) is 9.43. The van der Waals surface area contributed by atoms with Gasteiger partial charge in [0.25, 0.3) is 0 Å². The summed E-state index contributed by atoms with van der Waals surface area (Å²) in [4.78, 5) is 25.1. The lowest BCUT2D eigenvalue weighted by Crippen LogP contribution is -2.45. The Morgan fingerprint density at radius 2 is 1.56 bits per heavy atom. The Balaban J connectivity index is 2.37. The first kappa shape index (κ1) is 39.6. The van der Waals surface area contributed by atoms with Crippen molar-refractivity contribution in [2.24, 2.45) is 11.8 Å². The average Bonchev–Trinajstić information content (AvgIpc) is 3.20. The van der Waals surface area contributed by atoms with Gasteiger partial charge in [0, 0.05) is 38.2 Å². The van der Waals surface area contributed by atoms with Crippen molar-refractivity contribution in [3.05, 3.63) is 47.5 Å². The number of methoxy groups -OCH3 is 2. The van der Waals surface area contributed by atoms with E-state index in [9.17, 15) is 9.59 Å². The van der Waals surface area contributed by atoms with Gasteiger partial charge < -0.3 is 18.3 Å². The highest BCUT2D eigenvalue weighted by atomic mass is 28.4. The van der Waals surface area contributed by atoms with Gasteiger partial charge >= 0.3 is 5.97 Å². The lowest BCUT2D eigenvalue weighted by Gasteiger charge is -2.40. The van der Waals surface area contributed by atoms with E-state index >= 15 is 0 Å². The molecule has 1 aliphatic carbocycles. The summed E-state index contributed by atoms with van der Waals surface area (Å²) in [7, 11) is -1.02. The number of hydrogen-bond donors (Lipinski definition) is 0.